The van der Waals surface area contributed by atoms with Crippen LogP contribution in [0.1, 0.15) is 32.2 Å². The van der Waals surface area contributed by atoms with Crippen LogP contribution in [0.15, 0.2) is 12.3 Å². The Hall–Kier alpha value is -1.91. The zero-order chi connectivity index (χ0) is 14.0. The highest BCUT2D eigenvalue weighted by atomic mass is 15.3. The molecular weight excluding hydrogens is 238 g/mol. The van der Waals surface area contributed by atoms with Crippen LogP contribution in [0.25, 0.3) is 11.4 Å². The maximum absolute atomic E-state index is 5.89. The Morgan fingerprint density at radius 3 is 2.68 bits per heavy atom. The molecule has 102 valence electrons. The molecule has 5 nitrogen and oxygen atoms in total. The highest BCUT2D eigenvalue weighted by Gasteiger charge is 2.13. The fraction of sp³-hybridized carbons (Fsp3) is 0.500. The summed E-state index contributed by atoms with van der Waals surface area (Å²) in [5.74, 6) is 1.74. The summed E-state index contributed by atoms with van der Waals surface area (Å²) in [6, 6.07) is 1.85. The summed E-state index contributed by atoms with van der Waals surface area (Å²) in [5.41, 5.74) is 8.86. The van der Waals surface area contributed by atoms with Gasteiger partial charge in [0.15, 0.2) is 5.82 Å². The predicted molar refractivity (Wildman–Crippen MR) is 76.6 cm³/mol. The molecule has 19 heavy (non-hydrogen) atoms. The fourth-order valence-electron chi connectivity index (χ4n) is 2.14. The third kappa shape index (κ3) is 3.10. The monoisotopic (exact) mass is 259 g/mol. The van der Waals surface area contributed by atoms with Gasteiger partial charge in [-0.1, -0.05) is 20.8 Å². The minimum atomic E-state index is 0.520. The van der Waals surface area contributed by atoms with Gasteiger partial charge in [-0.05, 0) is 18.8 Å². The summed E-state index contributed by atoms with van der Waals surface area (Å²) in [6.07, 6.45) is 3.71. The van der Waals surface area contributed by atoms with E-state index < -0.39 is 0 Å². The van der Waals surface area contributed by atoms with Crippen molar-refractivity contribution in [3.63, 3.8) is 0 Å². The van der Waals surface area contributed by atoms with Gasteiger partial charge < -0.3 is 5.73 Å². The maximum Gasteiger partial charge on any atom is 0.165 e. The highest BCUT2D eigenvalue weighted by molar-refractivity contribution is 5.59. The third-order valence-electron chi connectivity index (χ3n) is 2.90. The van der Waals surface area contributed by atoms with Gasteiger partial charge in [0.05, 0.1) is 11.3 Å². The molecule has 0 atom stereocenters. The predicted octanol–water partition coefficient (Wildman–Crippen LogP) is 2.22. The average molecular weight is 259 g/mol. The van der Waals surface area contributed by atoms with Crippen molar-refractivity contribution in [2.75, 3.05) is 5.73 Å². The Labute approximate surface area is 113 Å². The number of nitrogens with zero attached hydrogens (tertiary/aromatic N) is 4. The van der Waals surface area contributed by atoms with Crippen LogP contribution >= 0.6 is 0 Å². The second-order valence-electron chi connectivity index (χ2n) is 5.22. The van der Waals surface area contributed by atoms with E-state index in [0.717, 1.165) is 29.8 Å². The number of hydrogen-bond donors (Lipinski definition) is 1. The highest BCUT2D eigenvalue weighted by Crippen LogP contribution is 2.21. The van der Waals surface area contributed by atoms with Crippen molar-refractivity contribution in [3.05, 3.63) is 23.7 Å². The third-order valence-corrected chi connectivity index (χ3v) is 2.90. The first kappa shape index (κ1) is 13.5. The molecule has 0 bridgehead atoms. The number of aromatic nitrogens is 4. The molecule has 0 aliphatic carbocycles. The van der Waals surface area contributed by atoms with Gasteiger partial charge in [-0.3, -0.25) is 4.68 Å². The molecular formula is C14H21N5. The molecule has 2 aromatic rings. The molecule has 0 saturated carbocycles. The van der Waals surface area contributed by atoms with E-state index in [4.69, 9.17) is 5.73 Å². The van der Waals surface area contributed by atoms with Crippen molar-refractivity contribution < 1.29 is 0 Å². The van der Waals surface area contributed by atoms with Crippen LogP contribution in [0.2, 0.25) is 0 Å². The van der Waals surface area contributed by atoms with E-state index in [1.807, 2.05) is 19.3 Å². The van der Waals surface area contributed by atoms with Crippen molar-refractivity contribution in [2.45, 2.75) is 33.6 Å². The van der Waals surface area contributed by atoms with Crippen LogP contribution in [0.3, 0.4) is 0 Å². The summed E-state index contributed by atoms with van der Waals surface area (Å²) >= 11 is 0. The molecule has 0 spiro atoms. The Bertz CT molecular complexity index is 571. The number of rotatable bonds is 4. The standard InChI is InChI=1S/C14H21N5/c1-5-12-11(8-19(4)18-12)14-16-10(6-9(2)3)7-13(15)17-14/h7-9H,5-6H2,1-4H3,(H2,15,16,17). The number of anilines is 1. The fourth-order valence-corrected chi connectivity index (χ4v) is 2.14. The van der Waals surface area contributed by atoms with Crippen molar-refractivity contribution >= 4 is 5.82 Å². The average Bonchev–Trinajstić information content (AvgIpc) is 2.68. The molecule has 0 aromatic carbocycles. The second-order valence-corrected chi connectivity index (χ2v) is 5.22. The zero-order valence-corrected chi connectivity index (χ0v) is 12.0. The number of aryl methyl sites for hydroxylation is 2. The lowest BCUT2D eigenvalue weighted by Gasteiger charge is -2.07. The largest absolute Gasteiger partial charge is 0.384 e. The zero-order valence-electron chi connectivity index (χ0n) is 12.0. The quantitative estimate of drug-likeness (QED) is 0.914. The van der Waals surface area contributed by atoms with Gasteiger partial charge in [-0.15, -0.1) is 0 Å². The van der Waals surface area contributed by atoms with E-state index >= 15 is 0 Å². The van der Waals surface area contributed by atoms with Gasteiger partial charge in [0.1, 0.15) is 5.82 Å². The van der Waals surface area contributed by atoms with Gasteiger partial charge in [0.25, 0.3) is 0 Å². The molecule has 0 saturated heterocycles. The molecule has 0 aliphatic heterocycles. The summed E-state index contributed by atoms with van der Waals surface area (Å²) in [4.78, 5) is 8.97. The first-order valence-electron chi connectivity index (χ1n) is 6.66. The Morgan fingerprint density at radius 2 is 2.05 bits per heavy atom. The van der Waals surface area contributed by atoms with Crippen molar-refractivity contribution in [1.29, 1.82) is 0 Å². The first-order chi connectivity index (χ1) is 8.99. The Morgan fingerprint density at radius 1 is 1.32 bits per heavy atom. The van der Waals surface area contributed by atoms with Crippen LogP contribution < -0.4 is 5.73 Å². The molecule has 5 heteroatoms. The van der Waals surface area contributed by atoms with Gasteiger partial charge in [0, 0.05) is 25.0 Å². The van der Waals surface area contributed by atoms with Crippen molar-refractivity contribution in [1.82, 2.24) is 19.7 Å². The lowest BCUT2D eigenvalue weighted by molar-refractivity contribution is 0.635. The van der Waals surface area contributed by atoms with E-state index in [1.54, 1.807) is 4.68 Å². The van der Waals surface area contributed by atoms with E-state index in [1.165, 1.54) is 0 Å². The minimum absolute atomic E-state index is 0.520. The van der Waals surface area contributed by atoms with Crippen LogP contribution in [0.4, 0.5) is 5.82 Å². The van der Waals surface area contributed by atoms with E-state index in [0.29, 0.717) is 17.6 Å². The number of hydrogen-bond acceptors (Lipinski definition) is 4. The van der Waals surface area contributed by atoms with Gasteiger partial charge >= 0.3 is 0 Å². The molecule has 2 N–H and O–H groups in total. The van der Waals surface area contributed by atoms with E-state index in [2.05, 4.69) is 35.8 Å². The summed E-state index contributed by atoms with van der Waals surface area (Å²) in [5, 5.41) is 4.42. The second kappa shape index (κ2) is 5.38. The minimum Gasteiger partial charge on any atom is -0.384 e. The lowest BCUT2D eigenvalue weighted by Crippen LogP contribution is -2.03. The molecule has 0 aliphatic rings. The summed E-state index contributed by atoms with van der Waals surface area (Å²) in [7, 11) is 1.91. The van der Waals surface area contributed by atoms with Gasteiger partial charge in [-0.2, -0.15) is 5.10 Å². The molecule has 2 rings (SSSR count). The van der Waals surface area contributed by atoms with Gasteiger partial charge in [-0.25, -0.2) is 9.97 Å². The summed E-state index contributed by atoms with van der Waals surface area (Å²) < 4.78 is 1.79. The molecule has 2 heterocycles. The Kier molecular flexibility index (Phi) is 3.83. The van der Waals surface area contributed by atoms with Gasteiger partial charge in [0.2, 0.25) is 0 Å². The molecule has 0 fully saturated rings. The number of nitrogens with two attached hydrogens (primary N) is 1. The normalized spacial score (nSPS) is 11.2. The molecule has 0 unspecified atom stereocenters. The van der Waals surface area contributed by atoms with Crippen LogP contribution in [0.5, 0.6) is 0 Å². The van der Waals surface area contributed by atoms with E-state index in [9.17, 15) is 0 Å². The molecule has 0 radical (unpaired) electrons. The van der Waals surface area contributed by atoms with Crippen LogP contribution in [-0.4, -0.2) is 19.7 Å². The topological polar surface area (TPSA) is 69.6 Å². The van der Waals surface area contributed by atoms with Crippen LogP contribution in [-0.2, 0) is 19.9 Å². The Balaban J connectivity index is 2.46. The van der Waals surface area contributed by atoms with Crippen LogP contribution in [0, 0.1) is 5.92 Å². The lowest BCUT2D eigenvalue weighted by atomic mass is 10.1. The summed E-state index contributed by atoms with van der Waals surface area (Å²) in [6.45, 7) is 6.41. The van der Waals surface area contributed by atoms with Crippen molar-refractivity contribution in [2.24, 2.45) is 13.0 Å². The molecule has 2 aromatic heterocycles. The molecule has 0 amide bonds. The van der Waals surface area contributed by atoms with E-state index in [-0.39, 0.29) is 0 Å². The first-order valence-corrected chi connectivity index (χ1v) is 6.66. The SMILES string of the molecule is CCc1nn(C)cc1-c1nc(N)cc(CC(C)C)n1. The van der Waals surface area contributed by atoms with Crippen molar-refractivity contribution in [3.8, 4) is 11.4 Å². The number of nitrogen functional groups attached to an aromatic ring is 1. The maximum atomic E-state index is 5.89. The smallest absolute Gasteiger partial charge is 0.165 e.